The van der Waals surface area contributed by atoms with E-state index in [1.807, 2.05) is 43.3 Å². The number of alkyl halides is 3. The molecule has 0 heterocycles. The summed E-state index contributed by atoms with van der Waals surface area (Å²) < 4.78 is 35.7. The van der Waals surface area contributed by atoms with Crippen LogP contribution >= 0.6 is 12.4 Å². The first-order valence-corrected chi connectivity index (χ1v) is 6.91. The van der Waals surface area contributed by atoms with Crippen molar-refractivity contribution in [2.24, 2.45) is 0 Å². The van der Waals surface area contributed by atoms with Crippen LogP contribution in [0.4, 0.5) is 13.2 Å². The van der Waals surface area contributed by atoms with E-state index in [0.717, 1.165) is 22.4 Å². The smallest absolute Gasteiger partial charge is 0.300 e. The number of halogens is 4. The van der Waals surface area contributed by atoms with Crippen molar-refractivity contribution in [2.75, 3.05) is 6.54 Å². The van der Waals surface area contributed by atoms with Crippen LogP contribution in [0.15, 0.2) is 54.6 Å². The first-order valence-electron chi connectivity index (χ1n) is 6.91. The maximum atomic E-state index is 11.9. The van der Waals surface area contributed by atoms with Gasteiger partial charge in [0.1, 0.15) is 0 Å². The predicted octanol–water partition coefficient (Wildman–Crippen LogP) is 5.03. The molecule has 2 aromatic carbocycles. The fraction of sp³-hybridized carbons (Fsp3) is 0.222. The Hall–Kier alpha value is -1.96. The minimum Gasteiger partial charge on any atom is -0.300 e. The lowest BCUT2D eigenvalue weighted by Crippen LogP contribution is -2.19. The van der Waals surface area contributed by atoms with Crippen LogP contribution < -0.4 is 5.32 Å². The summed E-state index contributed by atoms with van der Waals surface area (Å²) in [7, 11) is 0. The third-order valence-electron chi connectivity index (χ3n) is 3.24. The summed E-state index contributed by atoms with van der Waals surface area (Å²) in [5, 5.41) is 5.52. The van der Waals surface area contributed by atoms with Gasteiger partial charge in [0.2, 0.25) is 0 Å². The quantitative estimate of drug-likeness (QED) is 0.773. The van der Waals surface area contributed by atoms with Gasteiger partial charge in [0, 0.05) is 12.1 Å². The molecule has 0 unspecified atom stereocenters. The SMILES string of the molecule is C[C@@H](NCC#CC=CC(F)(F)F)c1cccc2ccccc12.Cl. The Balaban J connectivity index is 0.00000264. The molecule has 5 heteroatoms. The van der Waals surface area contributed by atoms with E-state index < -0.39 is 6.18 Å². The van der Waals surface area contributed by atoms with Crippen molar-refractivity contribution in [3.63, 3.8) is 0 Å². The highest BCUT2D eigenvalue weighted by molar-refractivity contribution is 5.86. The second-order valence-corrected chi connectivity index (χ2v) is 4.87. The molecule has 0 fully saturated rings. The lowest BCUT2D eigenvalue weighted by molar-refractivity contribution is -0.0797. The fourth-order valence-corrected chi connectivity index (χ4v) is 2.19. The van der Waals surface area contributed by atoms with Crippen molar-refractivity contribution in [1.82, 2.24) is 5.32 Å². The summed E-state index contributed by atoms with van der Waals surface area (Å²) in [6.07, 6.45) is -3.35. The Bertz CT molecular complexity index is 721. The van der Waals surface area contributed by atoms with Crippen LogP contribution in [0.3, 0.4) is 0 Å². The van der Waals surface area contributed by atoms with E-state index in [2.05, 4.69) is 23.2 Å². The predicted molar refractivity (Wildman–Crippen MR) is 90.6 cm³/mol. The van der Waals surface area contributed by atoms with Crippen LogP contribution in [0.2, 0.25) is 0 Å². The van der Waals surface area contributed by atoms with Crippen molar-refractivity contribution < 1.29 is 13.2 Å². The molecule has 23 heavy (non-hydrogen) atoms. The highest BCUT2D eigenvalue weighted by atomic mass is 35.5. The maximum absolute atomic E-state index is 11.9. The standard InChI is InChI=1S/C18H16F3N.ClH/c1-14(22-13-6-2-5-12-18(19,20)21)16-11-7-9-15-8-3-4-10-17(15)16;/h3-5,7-12,14,22H,13H2,1H3;1H/t14-;/m1./s1. The summed E-state index contributed by atoms with van der Waals surface area (Å²) in [4.78, 5) is 0. The summed E-state index contributed by atoms with van der Waals surface area (Å²) in [5.41, 5.74) is 1.14. The van der Waals surface area contributed by atoms with Gasteiger partial charge >= 0.3 is 6.18 Å². The zero-order chi connectivity index (χ0) is 16.0. The van der Waals surface area contributed by atoms with E-state index in [9.17, 15) is 13.2 Å². The van der Waals surface area contributed by atoms with E-state index >= 15 is 0 Å². The monoisotopic (exact) mass is 339 g/mol. The van der Waals surface area contributed by atoms with Crippen LogP contribution in [-0.2, 0) is 0 Å². The van der Waals surface area contributed by atoms with Gasteiger partial charge < -0.3 is 0 Å². The van der Waals surface area contributed by atoms with Crippen LogP contribution in [0.5, 0.6) is 0 Å². The van der Waals surface area contributed by atoms with Crippen LogP contribution in [-0.4, -0.2) is 12.7 Å². The number of hydrogen-bond donors (Lipinski definition) is 1. The molecule has 0 bridgehead atoms. The Morgan fingerprint density at radius 2 is 1.83 bits per heavy atom. The van der Waals surface area contributed by atoms with Crippen molar-refractivity contribution >= 4 is 23.2 Å². The molecule has 2 aromatic rings. The summed E-state index contributed by atoms with van der Waals surface area (Å²) in [6, 6.07) is 14.2. The summed E-state index contributed by atoms with van der Waals surface area (Å²) in [6.45, 7) is 2.33. The number of rotatable bonds is 3. The van der Waals surface area contributed by atoms with Gasteiger partial charge in [-0.25, -0.2) is 0 Å². The molecule has 0 aromatic heterocycles. The maximum Gasteiger partial charge on any atom is 0.410 e. The number of fused-ring (bicyclic) bond motifs is 1. The molecule has 0 aliphatic carbocycles. The highest BCUT2D eigenvalue weighted by Gasteiger charge is 2.21. The van der Waals surface area contributed by atoms with E-state index in [0.29, 0.717) is 6.54 Å². The van der Waals surface area contributed by atoms with Crippen LogP contribution in [0.1, 0.15) is 18.5 Å². The van der Waals surface area contributed by atoms with Crippen molar-refractivity contribution in [1.29, 1.82) is 0 Å². The average Bonchev–Trinajstić information content (AvgIpc) is 2.49. The van der Waals surface area contributed by atoms with Gasteiger partial charge in [0.25, 0.3) is 0 Å². The lowest BCUT2D eigenvalue weighted by Gasteiger charge is -2.14. The van der Waals surface area contributed by atoms with E-state index in [1.165, 1.54) is 0 Å². The van der Waals surface area contributed by atoms with Gasteiger partial charge in [-0.2, -0.15) is 13.2 Å². The van der Waals surface area contributed by atoms with E-state index in [1.54, 1.807) is 0 Å². The van der Waals surface area contributed by atoms with Crippen molar-refractivity contribution in [3.05, 3.63) is 60.2 Å². The summed E-state index contributed by atoms with van der Waals surface area (Å²) >= 11 is 0. The Kier molecular flexibility index (Phi) is 7.15. The molecule has 1 N–H and O–H groups in total. The molecule has 0 spiro atoms. The highest BCUT2D eigenvalue weighted by Crippen LogP contribution is 2.23. The zero-order valence-corrected chi connectivity index (χ0v) is 13.3. The molecule has 0 amide bonds. The topological polar surface area (TPSA) is 12.0 Å². The van der Waals surface area contributed by atoms with E-state index in [-0.39, 0.29) is 24.5 Å². The minimum atomic E-state index is -4.31. The molecule has 1 nitrogen and oxygen atoms in total. The van der Waals surface area contributed by atoms with Gasteiger partial charge in [-0.05, 0) is 29.3 Å². The van der Waals surface area contributed by atoms with Gasteiger partial charge in [0.15, 0.2) is 0 Å². The summed E-state index contributed by atoms with van der Waals surface area (Å²) in [5.74, 6) is 5.03. The van der Waals surface area contributed by atoms with Gasteiger partial charge in [-0.15, -0.1) is 12.4 Å². The molecular formula is C18H17ClF3N. The van der Waals surface area contributed by atoms with Crippen LogP contribution in [0.25, 0.3) is 10.8 Å². The molecule has 0 saturated heterocycles. The average molecular weight is 340 g/mol. The second-order valence-electron chi connectivity index (χ2n) is 4.87. The molecule has 122 valence electrons. The lowest BCUT2D eigenvalue weighted by atomic mass is 10.00. The number of allylic oxidation sites excluding steroid dienone is 2. The first kappa shape index (κ1) is 19.1. The van der Waals surface area contributed by atoms with Gasteiger partial charge in [-0.3, -0.25) is 5.32 Å². The third kappa shape index (κ3) is 5.97. The number of nitrogens with one attached hydrogen (secondary N) is 1. The molecule has 1 atom stereocenters. The molecule has 0 aliphatic rings. The third-order valence-corrected chi connectivity index (χ3v) is 3.24. The van der Waals surface area contributed by atoms with Gasteiger partial charge in [-0.1, -0.05) is 54.3 Å². The second kappa shape index (κ2) is 8.61. The van der Waals surface area contributed by atoms with Crippen molar-refractivity contribution in [2.45, 2.75) is 19.1 Å². The number of hydrogen-bond acceptors (Lipinski definition) is 1. The zero-order valence-electron chi connectivity index (χ0n) is 12.5. The Labute approximate surface area is 140 Å². The molecular weight excluding hydrogens is 323 g/mol. The Morgan fingerprint density at radius 1 is 1.13 bits per heavy atom. The Morgan fingerprint density at radius 3 is 2.57 bits per heavy atom. The van der Waals surface area contributed by atoms with Gasteiger partial charge in [0.05, 0.1) is 6.54 Å². The largest absolute Gasteiger partial charge is 0.410 e. The first-order chi connectivity index (χ1) is 10.5. The normalized spacial score (nSPS) is 12.5. The van der Waals surface area contributed by atoms with Crippen LogP contribution in [0, 0.1) is 11.8 Å². The molecule has 2 rings (SSSR count). The number of benzene rings is 2. The molecule has 0 radical (unpaired) electrons. The van der Waals surface area contributed by atoms with Crippen molar-refractivity contribution in [3.8, 4) is 11.8 Å². The van der Waals surface area contributed by atoms with E-state index in [4.69, 9.17) is 0 Å². The minimum absolute atomic E-state index is 0. The fourth-order valence-electron chi connectivity index (χ4n) is 2.19. The molecule has 0 saturated carbocycles. The molecule has 0 aliphatic heterocycles.